The molecule has 3 nitrogen and oxygen atoms in total. The van der Waals surface area contributed by atoms with Crippen LogP contribution in [-0.2, 0) is 17.1 Å². The van der Waals surface area contributed by atoms with Crippen LogP contribution in [0, 0.1) is 0 Å². The molecule has 65 valence electrons. The van der Waals surface area contributed by atoms with Crippen molar-refractivity contribution in [3.8, 4) is 10.7 Å². The zero-order chi connectivity index (χ0) is 7.52. The molecule has 0 aromatic carbocycles. The van der Waals surface area contributed by atoms with Crippen LogP contribution in [-0.4, -0.2) is 15.0 Å². The third-order valence-corrected chi connectivity index (χ3v) is 2.10. The maximum Gasteiger partial charge on any atom is 0.172 e. The van der Waals surface area contributed by atoms with E-state index in [4.69, 9.17) is 0 Å². The summed E-state index contributed by atoms with van der Waals surface area (Å²) in [4.78, 5) is 12.8. The van der Waals surface area contributed by atoms with Crippen LogP contribution in [0.3, 0.4) is 0 Å². The Bertz CT molecular complexity index is 322. The second-order valence-corrected chi connectivity index (χ2v) is 2.89. The second kappa shape index (κ2) is 4.30. The average Bonchev–Trinajstić information content (AvgIpc) is 2.58. The zero-order valence-electron chi connectivity index (χ0n) is 5.94. The van der Waals surface area contributed by atoms with Crippen LogP contribution in [0.2, 0.25) is 0 Å². The van der Waals surface area contributed by atoms with Gasteiger partial charge < -0.3 is 0 Å². The van der Waals surface area contributed by atoms with Gasteiger partial charge in [-0.05, 0) is 11.4 Å². The molecule has 0 aliphatic carbocycles. The Balaban J connectivity index is 0.000000720. The van der Waals surface area contributed by atoms with Crippen molar-refractivity contribution in [2.24, 2.45) is 0 Å². The van der Waals surface area contributed by atoms with Crippen LogP contribution < -0.4 is 0 Å². The molecule has 0 spiro atoms. The number of thiophene rings is 1. The molecular formula is C7H5CuN3S. The molecule has 2 rings (SSSR count). The van der Waals surface area contributed by atoms with Gasteiger partial charge >= 0.3 is 0 Å². The standard InChI is InChI=1S/C7H5N3S.Cu/c1-2-6(11-3-1)7-9-4-8-5-10-7;/h1-5H;. The Morgan fingerprint density at radius 1 is 1.17 bits per heavy atom. The fourth-order valence-corrected chi connectivity index (χ4v) is 1.44. The van der Waals surface area contributed by atoms with E-state index in [-0.39, 0.29) is 17.1 Å². The molecule has 0 aliphatic heterocycles. The molecule has 0 N–H and O–H groups in total. The molecular weight excluding hydrogens is 222 g/mol. The summed E-state index contributed by atoms with van der Waals surface area (Å²) in [6.45, 7) is 0. The molecule has 1 radical (unpaired) electrons. The number of hydrogen-bond acceptors (Lipinski definition) is 4. The minimum atomic E-state index is 0. The SMILES string of the molecule is [Cu].c1csc(-c2ncncn2)c1. The van der Waals surface area contributed by atoms with Crippen LogP contribution in [0.25, 0.3) is 10.7 Å². The average molecular weight is 227 g/mol. The van der Waals surface area contributed by atoms with E-state index in [1.807, 2.05) is 17.5 Å². The van der Waals surface area contributed by atoms with Crippen molar-refractivity contribution in [2.45, 2.75) is 0 Å². The fourth-order valence-electron chi connectivity index (χ4n) is 0.772. The fraction of sp³-hybridized carbons (Fsp3) is 0. The van der Waals surface area contributed by atoms with Crippen molar-refractivity contribution >= 4 is 11.3 Å². The summed E-state index contributed by atoms with van der Waals surface area (Å²) in [5, 5.41) is 2.00. The van der Waals surface area contributed by atoms with E-state index >= 15 is 0 Å². The quantitative estimate of drug-likeness (QED) is 0.694. The molecule has 5 heteroatoms. The van der Waals surface area contributed by atoms with E-state index in [1.54, 1.807) is 11.3 Å². The van der Waals surface area contributed by atoms with Gasteiger partial charge in [0, 0.05) is 17.1 Å². The molecule has 0 amide bonds. The smallest absolute Gasteiger partial charge is 0.172 e. The molecule has 0 aliphatic rings. The van der Waals surface area contributed by atoms with Gasteiger partial charge in [0.05, 0.1) is 4.88 Å². The molecule has 2 aromatic heterocycles. The number of hydrogen-bond donors (Lipinski definition) is 0. The Labute approximate surface area is 84.4 Å². The number of nitrogens with zero attached hydrogens (tertiary/aromatic N) is 3. The van der Waals surface area contributed by atoms with Gasteiger partial charge in [-0.1, -0.05) is 6.07 Å². The summed E-state index contributed by atoms with van der Waals surface area (Å²) in [7, 11) is 0. The number of rotatable bonds is 1. The Kier molecular flexibility index (Phi) is 3.34. The topological polar surface area (TPSA) is 38.7 Å². The van der Waals surface area contributed by atoms with Crippen LogP contribution in [0.1, 0.15) is 0 Å². The minimum Gasteiger partial charge on any atom is -0.225 e. The number of aromatic nitrogens is 3. The molecule has 2 aromatic rings. The first-order chi connectivity index (χ1) is 5.47. The third-order valence-electron chi connectivity index (χ3n) is 1.23. The molecule has 2 heterocycles. The van der Waals surface area contributed by atoms with Crippen molar-refractivity contribution in [2.75, 3.05) is 0 Å². The van der Waals surface area contributed by atoms with Gasteiger partial charge in [0.1, 0.15) is 12.7 Å². The van der Waals surface area contributed by atoms with Gasteiger partial charge in [0.2, 0.25) is 0 Å². The maximum atomic E-state index is 4.01. The Morgan fingerprint density at radius 3 is 2.50 bits per heavy atom. The summed E-state index contributed by atoms with van der Waals surface area (Å²) >= 11 is 1.62. The van der Waals surface area contributed by atoms with E-state index in [1.165, 1.54) is 12.7 Å². The predicted octanol–water partition coefficient (Wildman–Crippen LogP) is 1.60. The largest absolute Gasteiger partial charge is 0.225 e. The van der Waals surface area contributed by atoms with Gasteiger partial charge in [0.15, 0.2) is 5.82 Å². The molecule has 12 heavy (non-hydrogen) atoms. The monoisotopic (exact) mass is 226 g/mol. The zero-order valence-corrected chi connectivity index (χ0v) is 7.70. The normalized spacial score (nSPS) is 9.00. The van der Waals surface area contributed by atoms with Crippen LogP contribution in [0.5, 0.6) is 0 Å². The van der Waals surface area contributed by atoms with Gasteiger partial charge in [-0.3, -0.25) is 0 Å². The van der Waals surface area contributed by atoms with Crippen LogP contribution in [0.4, 0.5) is 0 Å². The van der Waals surface area contributed by atoms with Crippen molar-refractivity contribution in [3.05, 3.63) is 30.2 Å². The first-order valence-electron chi connectivity index (χ1n) is 3.13. The van der Waals surface area contributed by atoms with Crippen molar-refractivity contribution in [1.29, 1.82) is 0 Å². The van der Waals surface area contributed by atoms with E-state index < -0.39 is 0 Å². The second-order valence-electron chi connectivity index (χ2n) is 1.94. The Hall–Kier alpha value is -0.771. The van der Waals surface area contributed by atoms with Gasteiger partial charge in [-0.2, -0.15) is 0 Å². The molecule has 0 atom stereocenters. The maximum absolute atomic E-state index is 4.01. The van der Waals surface area contributed by atoms with Gasteiger partial charge in [0.25, 0.3) is 0 Å². The molecule has 0 fully saturated rings. The minimum absolute atomic E-state index is 0. The first kappa shape index (κ1) is 9.32. The first-order valence-corrected chi connectivity index (χ1v) is 4.00. The van der Waals surface area contributed by atoms with Crippen molar-refractivity contribution < 1.29 is 17.1 Å². The molecule has 0 saturated heterocycles. The van der Waals surface area contributed by atoms with E-state index in [0.717, 1.165) is 10.7 Å². The Morgan fingerprint density at radius 2 is 1.92 bits per heavy atom. The predicted molar refractivity (Wildman–Crippen MR) is 43.1 cm³/mol. The van der Waals surface area contributed by atoms with Crippen molar-refractivity contribution in [1.82, 2.24) is 15.0 Å². The molecule has 0 unspecified atom stereocenters. The summed E-state index contributed by atoms with van der Waals surface area (Å²) < 4.78 is 0. The van der Waals surface area contributed by atoms with E-state index in [9.17, 15) is 0 Å². The van der Waals surface area contributed by atoms with Crippen LogP contribution in [0.15, 0.2) is 30.2 Å². The molecule has 0 bridgehead atoms. The van der Waals surface area contributed by atoms with Crippen LogP contribution >= 0.6 is 11.3 Å². The summed E-state index contributed by atoms with van der Waals surface area (Å²) in [6.07, 6.45) is 3.00. The van der Waals surface area contributed by atoms with Gasteiger partial charge in [-0.25, -0.2) is 15.0 Å². The summed E-state index contributed by atoms with van der Waals surface area (Å²) in [6, 6.07) is 3.96. The summed E-state index contributed by atoms with van der Waals surface area (Å²) in [5.74, 6) is 0.745. The van der Waals surface area contributed by atoms with Crippen molar-refractivity contribution in [3.63, 3.8) is 0 Å². The van der Waals surface area contributed by atoms with E-state index in [0.29, 0.717) is 0 Å². The van der Waals surface area contributed by atoms with E-state index in [2.05, 4.69) is 15.0 Å². The molecule has 0 saturated carbocycles. The third kappa shape index (κ3) is 1.88. The van der Waals surface area contributed by atoms with Gasteiger partial charge in [-0.15, -0.1) is 11.3 Å². The summed E-state index contributed by atoms with van der Waals surface area (Å²) in [5.41, 5.74) is 0.